The second-order valence-electron chi connectivity index (χ2n) is 3.30. The minimum atomic E-state index is -1.14. The number of hydrogen-bond acceptors (Lipinski definition) is 2. The molecule has 1 heterocycles. The van der Waals surface area contributed by atoms with Gasteiger partial charge in [-0.05, 0) is 5.56 Å². The predicted octanol–water partition coefficient (Wildman–Crippen LogP) is 1.74. The lowest BCUT2D eigenvalue weighted by atomic mass is 10.1. The van der Waals surface area contributed by atoms with Crippen molar-refractivity contribution in [3.8, 4) is 11.1 Å². The van der Waals surface area contributed by atoms with Gasteiger partial charge < -0.3 is 10.1 Å². The predicted molar refractivity (Wildman–Crippen MR) is 59.5 cm³/mol. The van der Waals surface area contributed by atoms with Crippen molar-refractivity contribution in [2.24, 2.45) is 0 Å². The monoisotopic (exact) mass is 215 g/mol. The fourth-order valence-electron chi connectivity index (χ4n) is 1.44. The standard InChI is InChI=1S/C12H9NO3/c14-11-6-10(12(15)16)13-7-9(11)8-4-2-1-3-5-8/h1-7H,(H,13,14)(H,15,16). The molecule has 0 bridgehead atoms. The van der Waals surface area contributed by atoms with Crippen molar-refractivity contribution in [2.45, 2.75) is 0 Å². The van der Waals surface area contributed by atoms with Gasteiger partial charge in [0.25, 0.3) is 0 Å². The van der Waals surface area contributed by atoms with Crippen LogP contribution in [0.25, 0.3) is 11.1 Å². The highest BCUT2D eigenvalue weighted by Gasteiger charge is 2.07. The number of carbonyl (C=O) groups is 1. The lowest BCUT2D eigenvalue weighted by Crippen LogP contribution is -2.10. The topological polar surface area (TPSA) is 70.2 Å². The first-order valence-electron chi connectivity index (χ1n) is 4.70. The molecule has 16 heavy (non-hydrogen) atoms. The normalized spacial score (nSPS) is 10.0. The number of carboxylic acid groups (broad SMARTS) is 1. The number of carboxylic acids is 1. The van der Waals surface area contributed by atoms with Gasteiger partial charge >= 0.3 is 5.97 Å². The molecule has 0 aliphatic carbocycles. The molecule has 4 heteroatoms. The van der Waals surface area contributed by atoms with Gasteiger partial charge in [0, 0.05) is 17.8 Å². The van der Waals surface area contributed by atoms with E-state index in [1.54, 1.807) is 12.1 Å². The Hall–Kier alpha value is -2.36. The molecule has 0 aliphatic rings. The molecule has 4 nitrogen and oxygen atoms in total. The van der Waals surface area contributed by atoms with Gasteiger partial charge in [-0.25, -0.2) is 4.79 Å². The highest BCUT2D eigenvalue weighted by Crippen LogP contribution is 2.13. The largest absolute Gasteiger partial charge is 0.477 e. The van der Waals surface area contributed by atoms with Crippen molar-refractivity contribution in [1.29, 1.82) is 0 Å². The first kappa shape index (κ1) is 10.2. The van der Waals surface area contributed by atoms with Crippen molar-refractivity contribution >= 4 is 5.97 Å². The van der Waals surface area contributed by atoms with Crippen LogP contribution in [-0.2, 0) is 0 Å². The summed E-state index contributed by atoms with van der Waals surface area (Å²) in [6, 6.07) is 10.2. The molecule has 0 unspecified atom stereocenters. The maximum absolute atomic E-state index is 11.7. The molecule has 2 aromatic rings. The van der Waals surface area contributed by atoms with E-state index in [1.807, 2.05) is 18.2 Å². The van der Waals surface area contributed by atoms with Crippen LogP contribution in [0.3, 0.4) is 0 Å². The van der Waals surface area contributed by atoms with Crippen LogP contribution in [0.5, 0.6) is 0 Å². The summed E-state index contributed by atoms with van der Waals surface area (Å²) >= 11 is 0. The summed E-state index contributed by atoms with van der Waals surface area (Å²) in [5.41, 5.74) is 0.818. The number of pyridine rings is 1. The van der Waals surface area contributed by atoms with Crippen molar-refractivity contribution < 1.29 is 9.90 Å². The fourth-order valence-corrected chi connectivity index (χ4v) is 1.44. The minimum Gasteiger partial charge on any atom is -0.477 e. The van der Waals surface area contributed by atoms with E-state index in [1.165, 1.54) is 6.20 Å². The van der Waals surface area contributed by atoms with Crippen LogP contribution in [0.2, 0.25) is 0 Å². The number of aromatic amines is 1. The zero-order valence-corrected chi connectivity index (χ0v) is 8.31. The van der Waals surface area contributed by atoms with Crippen LogP contribution < -0.4 is 5.43 Å². The van der Waals surface area contributed by atoms with Crippen LogP contribution in [0, 0.1) is 0 Å². The molecule has 1 aromatic carbocycles. The Morgan fingerprint density at radius 2 is 1.88 bits per heavy atom. The molecule has 2 N–H and O–H groups in total. The molecule has 80 valence electrons. The van der Waals surface area contributed by atoms with Gasteiger partial charge in [0.2, 0.25) is 0 Å². The average molecular weight is 215 g/mol. The van der Waals surface area contributed by atoms with Crippen molar-refractivity contribution in [1.82, 2.24) is 4.98 Å². The number of hydrogen-bond donors (Lipinski definition) is 2. The van der Waals surface area contributed by atoms with E-state index >= 15 is 0 Å². The molecular weight excluding hydrogens is 206 g/mol. The molecule has 0 saturated heterocycles. The number of nitrogens with one attached hydrogen (secondary N) is 1. The third-order valence-corrected chi connectivity index (χ3v) is 2.23. The Kier molecular flexibility index (Phi) is 2.55. The minimum absolute atomic E-state index is 0.107. The summed E-state index contributed by atoms with van der Waals surface area (Å²) in [4.78, 5) is 24.9. The summed E-state index contributed by atoms with van der Waals surface area (Å²) in [7, 11) is 0. The average Bonchev–Trinajstić information content (AvgIpc) is 2.30. The van der Waals surface area contributed by atoms with E-state index in [0.717, 1.165) is 11.6 Å². The smallest absolute Gasteiger partial charge is 0.352 e. The maximum atomic E-state index is 11.7. The van der Waals surface area contributed by atoms with E-state index in [9.17, 15) is 9.59 Å². The number of aromatic nitrogens is 1. The van der Waals surface area contributed by atoms with Crippen molar-refractivity contribution in [2.75, 3.05) is 0 Å². The number of aromatic carboxylic acids is 1. The summed E-state index contributed by atoms with van der Waals surface area (Å²) in [6.07, 6.45) is 1.42. The summed E-state index contributed by atoms with van der Waals surface area (Å²) in [5, 5.41) is 8.70. The molecule has 0 atom stereocenters. The van der Waals surface area contributed by atoms with Crippen LogP contribution in [0.4, 0.5) is 0 Å². The van der Waals surface area contributed by atoms with Gasteiger partial charge in [-0.2, -0.15) is 0 Å². The summed E-state index contributed by atoms with van der Waals surface area (Å²) in [6.45, 7) is 0. The van der Waals surface area contributed by atoms with Gasteiger partial charge in [-0.1, -0.05) is 30.3 Å². The molecule has 0 saturated carbocycles. The van der Waals surface area contributed by atoms with Crippen LogP contribution in [0.1, 0.15) is 10.5 Å². The highest BCUT2D eigenvalue weighted by molar-refractivity contribution is 5.85. The SMILES string of the molecule is O=C(O)c1cc(=O)c(-c2ccccc2)c[nH]1. The Balaban J connectivity index is 2.53. The van der Waals surface area contributed by atoms with Crippen molar-refractivity contribution in [3.63, 3.8) is 0 Å². The molecule has 0 amide bonds. The van der Waals surface area contributed by atoms with Crippen molar-refractivity contribution in [3.05, 3.63) is 58.5 Å². The molecule has 1 aromatic heterocycles. The summed E-state index contributed by atoms with van der Waals surface area (Å²) in [5.74, 6) is -1.14. The fraction of sp³-hybridized carbons (Fsp3) is 0. The Morgan fingerprint density at radius 3 is 2.44 bits per heavy atom. The van der Waals surface area contributed by atoms with Crippen LogP contribution in [0.15, 0.2) is 47.4 Å². The number of benzene rings is 1. The van der Waals surface area contributed by atoms with Crippen LogP contribution in [-0.4, -0.2) is 16.1 Å². The number of rotatable bonds is 2. The summed E-state index contributed by atoms with van der Waals surface area (Å²) < 4.78 is 0. The lowest BCUT2D eigenvalue weighted by Gasteiger charge is -2.00. The molecule has 0 aliphatic heterocycles. The van der Waals surface area contributed by atoms with E-state index in [4.69, 9.17) is 5.11 Å². The Bertz CT molecular complexity index is 572. The zero-order chi connectivity index (χ0) is 11.5. The van der Waals surface area contributed by atoms with Gasteiger partial charge in [0.05, 0.1) is 0 Å². The first-order chi connectivity index (χ1) is 7.68. The highest BCUT2D eigenvalue weighted by atomic mass is 16.4. The third kappa shape index (κ3) is 1.86. The van der Waals surface area contributed by atoms with E-state index in [0.29, 0.717) is 5.56 Å². The molecule has 0 spiro atoms. The third-order valence-electron chi connectivity index (χ3n) is 2.23. The quantitative estimate of drug-likeness (QED) is 0.801. The Morgan fingerprint density at radius 1 is 1.19 bits per heavy atom. The van der Waals surface area contributed by atoms with E-state index in [2.05, 4.69) is 4.98 Å². The first-order valence-corrected chi connectivity index (χ1v) is 4.70. The van der Waals surface area contributed by atoms with Gasteiger partial charge in [0.1, 0.15) is 5.69 Å². The second-order valence-corrected chi connectivity index (χ2v) is 3.30. The molecule has 2 rings (SSSR count). The van der Waals surface area contributed by atoms with Gasteiger partial charge in [0.15, 0.2) is 5.43 Å². The van der Waals surface area contributed by atoms with Crippen LogP contribution >= 0.6 is 0 Å². The Labute approximate surface area is 91.2 Å². The maximum Gasteiger partial charge on any atom is 0.352 e. The number of H-pyrrole nitrogens is 1. The molecule has 0 fully saturated rings. The molecule has 0 radical (unpaired) electrons. The molecular formula is C12H9NO3. The second kappa shape index (κ2) is 4.02. The van der Waals surface area contributed by atoms with Gasteiger partial charge in [-0.15, -0.1) is 0 Å². The van der Waals surface area contributed by atoms with E-state index in [-0.39, 0.29) is 11.1 Å². The lowest BCUT2D eigenvalue weighted by molar-refractivity contribution is 0.0690. The van der Waals surface area contributed by atoms with Gasteiger partial charge in [-0.3, -0.25) is 4.79 Å². The van der Waals surface area contributed by atoms with E-state index < -0.39 is 5.97 Å². The zero-order valence-electron chi connectivity index (χ0n) is 8.31.